The molecule has 4 rings (SSSR count). The molecule has 0 spiro atoms. The number of piperidine rings is 1. The number of carbonyl (C=O) groups excluding carboxylic acids is 1. The van der Waals surface area contributed by atoms with Crippen LogP contribution < -0.4 is 9.47 Å². The van der Waals surface area contributed by atoms with Gasteiger partial charge in [0.05, 0.1) is 18.8 Å². The number of likely N-dealkylation sites (N-methyl/N-ethyl adjacent to an activating group) is 1. The first-order chi connectivity index (χ1) is 12.5. The van der Waals surface area contributed by atoms with E-state index < -0.39 is 11.0 Å². The number of rotatable bonds is 4. The molecule has 2 aliphatic carbocycles. The van der Waals surface area contributed by atoms with E-state index in [2.05, 4.69) is 18.0 Å². The van der Waals surface area contributed by atoms with E-state index in [0.717, 1.165) is 36.4 Å². The van der Waals surface area contributed by atoms with Crippen molar-refractivity contribution in [3.05, 3.63) is 23.3 Å². The fourth-order valence-corrected chi connectivity index (χ4v) is 5.64. The van der Waals surface area contributed by atoms with Gasteiger partial charge in [0.2, 0.25) is 0 Å². The molecule has 2 bridgehead atoms. The summed E-state index contributed by atoms with van der Waals surface area (Å²) in [6.07, 6.45) is 2.95. The number of benzene rings is 1. The van der Waals surface area contributed by atoms with Gasteiger partial charge in [0, 0.05) is 29.9 Å². The van der Waals surface area contributed by atoms with Gasteiger partial charge in [0.1, 0.15) is 5.78 Å². The summed E-state index contributed by atoms with van der Waals surface area (Å²) in [6, 6.07) is 4.13. The first kappa shape index (κ1) is 17.8. The van der Waals surface area contributed by atoms with Crippen molar-refractivity contribution in [1.82, 2.24) is 4.90 Å². The summed E-state index contributed by atoms with van der Waals surface area (Å²) in [5.41, 5.74) is 0.764. The smallest absolute Gasteiger partial charge is 0.165 e. The van der Waals surface area contributed by atoms with Gasteiger partial charge >= 0.3 is 0 Å². The summed E-state index contributed by atoms with van der Waals surface area (Å²) in [7, 11) is 2.09. The molecule has 142 valence electrons. The first-order valence-electron chi connectivity index (χ1n) is 9.83. The monoisotopic (exact) mass is 359 g/mol. The number of aliphatic hydroxyl groups is 1. The zero-order valence-corrected chi connectivity index (χ0v) is 16.0. The lowest BCUT2D eigenvalue weighted by molar-refractivity contribution is -0.169. The topological polar surface area (TPSA) is 59.0 Å². The van der Waals surface area contributed by atoms with E-state index in [9.17, 15) is 9.90 Å². The highest BCUT2D eigenvalue weighted by Gasteiger charge is 2.65. The van der Waals surface area contributed by atoms with Crippen molar-refractivity contribution in [2.75, 3.05) is 26.8 Å². The van der Waals surface area contributed by atoms with Gasteiger partial charge in [0.25, 0.3) is 0 Å². The predicted octanol–water partition coefficient (Wildman–Crippen LogP) is 2.47. The fraction of sp³-hybridized carbons (Fsp3) is 0.667. The lowest BCUT2D eigenvalue weighted by Gasteiger charge is -2.63. The van der Waals surface area contributed by atoms with E-state index in [0.29, 0.717) is 32.5 Å². The van der Waals surface area contributed by atoms with E-state index >= 15 is 0 Å². The van der Waals surface area contributed by atoms with Gasteiger partial charge in [-0.2, -0.15) is 0 Å². The van der Waals surface area contributed by atoms with Crippen molar-refractivity contribution in [3.8, 4) is 11.5 Å². The number of likely N-dealkylation sites (tertiary alicyclic amines) is 1. The van der Waals surface area contributed by atoms with Gasteiger partial charge in [-0.15, -0.1) is 0 Å². The number of carbonyl (C=O) groups is 1. The van der Waals surface area contributed by atoms with Crippen LogP contribution in [0.1, 0.15) is 50.7 Å². The number of Topliss-reactive ketones (excluding diaryl/α,β-unsaturated/α-hetero) is 1. The molecule has 5 heteroatoms. The minimum Gasteiger partial charge on any atom is -0.490 e. The number of ether oxygens (including phenoxy) is 2. The summed E-state index contributed by atoms with van der Waals surface area (Å²) in [5.74, 6) is 1.71. The van der Waals surface area contributed by atoms with E-state index in [1.165, 1.54) is 5.56 Å². The number of nitrogens with zero attached hydrogens (tertiary/aromatic N) is 1. The summed E-state index contributed by atoms with van der Waals surface area (Å²) in [6.45, 7) is 5.89. The molecule has 1 saturated heterocycles. The van der Waals surface area contributed by atoms with Crippen LogP contribution in [0.25, 0.3) is 0 Å². The highest BCUT2D eigenvalue weighted by atomic mass is 16.5. The van der Waals surface area contributed by atoms with Crippen molar-refractivity contribution in [3.63, 3.8) is 0 Å². The fourth-order valence-electron chi connectivity index (χ4n) is 5.64. The minimum absolute atomic E-state index is 0.0456. The summed E-state index contributed by atoms with van der Waals surface area (Å²) < 4.78 is 11.9. The van der Waals surface area contributed by atoms with Crippen molar-refractivity contribution in [2.45, 2.75) is 63.0 Å². The van der Waals surface area contributed by atoms with E-state index in [1.807, 2.05) is 19.9 Å². The minimum atomic E-state index is -0.891. The largest absolute Gasteiger partial charge is 0.490 e. The molecule has 1 N–H and O–H groups in total. The molecule has 1 aromatic carbocycles. The zero-order chi connectivity index (χ0) is 18.5. The number of hydrogen-bond donors (Lipinski definition) is 1. The molecule has 3 atom stereocenters. The molecule has 0 radical (unpaired) electrons. The van der Waals surface area contributed by atoms with Crippen LogP contribution in [0.2, 0.25) is 0 Å². The highest BCUT2D eigenvalue weighted by Crippen LogP contribution is 2.60. The van der Waals surface area contributed by atoms with Crippen molar-refractivity contribution in [2.24, 2.45) is 0 Å². The Hall–Kier alpha value is -1.59. The highest BCUT2D eigenvalue weighted by molar-refractivity contribution is 5.83. The maximum Gasteiger partial charge on any atom is 0.165 e. The summed E-state index contributed by atoms with van der Waals surface area (Å²) >= 11 is 0. The van der Waals surface area contributed by atoms with Crippen LogP contribution in [-0.2, 0) is 16.6 Å². The molecule has 1 heterocycles. The molecule has 0 unspecified atom stereocenters. The Kier molecular flexibility index (Phi) is 4.27. The molecule has 26 heavy (non-hydrogen) atoms. The molecule has 1 saturated carbocycles. The quantitative estimate of drug-likeness (QED) is 0.895. The van der Waals surface area contributed by atoms with Crippen molar-refractivity contribution in [1.29, 1.82) is 0 Å². The molecule has 2 fully saturated rings. The SMILES string of the molecule is CCOc1ccc2c(c1OCC)[C@]13CCN(C)[C@H](C2)[C@]1(O)CCC(=O)C3. The molecule has 0 amide bonds. The average molecular weight is 359 g/mol. The lowest BCUT2D eigenvalue weighted by atomic mass is 9.49. The Morgan fingerprint density at radius 3 is 2.73 bits per heavy atom. The number of ketones is 1. The van der Waals surface area contributed by atoms with Crippen LogP contribution in [-0.4, -0.2) is 54.2 Å². The van der Waals surface area contributed by atoms with E-state index in [4.69, 9.17) is 9.47 Å². The Morgan fingerprint density at radius 2 is 2.00 bits per heavy atom. The van der Waals surface area contributed by atoms with Gasteiger partial charge in [-0.3, -0.25) is 4.79 Å². The van der Waals surface area contributed by atoms with Crippen molar-refractivity contribution < 1.29 is 19.4 Å². The Balaban J connectivity index is 1.98. The van der Waals surface area contributed by atoms with Crippen LogP contribution in [0.15, 0.2) is 12.1 Å². The standard InChI is InChI=1S/C21H29NO4/c1-4-25-16-7-6-14-12-17-21(24)9-8-15(23)13-20(21,10-11-22(17)3)18(14)19(16)26-5-2/h6-7,17,24H,4-5,8-13H2,1-3H3/t17-,20-,21-/m1/s1. The van der Waals surface area contributed by atoms with Crippen LogP contribution >= 0.6 is 0 Å². The molecule has 5 nitrogen and oxygen atoms in total. The number of fused-ring (bicyclic) bond motifs is 1. The van der Waals surface area contributed by atoms with Crippen LogP contribution in [0, 0.1) is 0 Å². The lowest BCUT2D eigenvalue weighted by Crippen LogP contribution is -2.72. The Morgan fingerprint density at radius 1 is 1.23 bits per heavy atom. The molecule has 3 aliphatic rings. The molecular formula is C21H29NO4. The van der Waals surface area contributed by atoms with Crippen LogP contribution in [0.4, 0.5) is 0 Å². The second-order valence-corrected chi connectivity index (χ2v) is 7.97. The van der Waals surface area contributed by atoms with Crippen LogP contribution in [0.5, 0.6) is 11.5 Å². The Labute approximate surface area is 155 Å². The van der Waals surface area contributed by atoms with E-state index in [1.54, 1.807) is 0 Å². The Bertz CT molecular complexity index is 733. The van der Waals surface area contributed by atoms with Crippen molar-refractivity contribution >= 4 is 5.78 Å². The third-order valence-electron chi connectivity index (χ3n) is 6.78. The van der Waals surface area contributed by atoms with Crippen LogP contribution in [0.3, 0.4) is 0 Å². The summed E-state index contributed by atoms with van der Waals surface area (Å²) in [4.78, 5) is 14.8. The normalized spacial score (nSPS) is 33.4. The molecule has 1 aromatic rings. The number of hydrogen-bond acceptors (Lipinski definition) is 5. The van der Waals surface area contributed by atoms with Gasteiger partial charge in [0.15, 0.2) is 11.5 Å². The van der Waals surface area contributed by atoms with Gasteiger partial charge in [-0.05, 0) is 58.3 Å². The predicted molar refractivity (Wildman–Crippen MR) is 99.0 cm³/mol. The average Bonchev–Trinajstić information content (AvgIpc) is 2.61. The maximum absolute atomic E-state index is 12.5. The van der Waals surface area contributed by atoms with Gasteiger partial charge in [-0.1, -0.05) is 6.07 Å². The molecule has 1 aliphatic heterocycles. The van der Waals surface area contributed by atoms with Gasteiger partial charge in [-0.25, -0.2) is 0 Å². The van der Waals surface area contributed by atoms with Gasteiger partial charge < -0.3 is 19.5 Å². The molecular weight excluding hydrogens is 330 g/mol. The van der Waals surface area contributed by atoms with E-state index in [-0.39, 0.29) is 11.8 Å². The third kappa shape index (κ3) is 2.26. The second kappa shape index (κ2) is 6.24. The first-order valence-corrected chi connectivity index (χ1v) is 9.83. The summed E-state index contributed by atoms with van der Waals surface area (Å²) in [5, 5.41) is 11.9. The zero-order valence-electron chi connectivity index (χ0n) is 16.0. The third-order valence-corrected chi connectivity index (χ3v) is 6.78. The maximum atomic E-state index is 12.5. The molecule has 0 aromatic heterocycles. The second-order valence-electron chi connectivity index (χ2n) is 7.97.